The summed E-state index contributed by atoms with van der Waals surface area (Å²) in [6.07, 6.45) is 5.40. The number of carbonyl (C=O) groups is 2. The Morgan fingerprint density at radius 1 is 0.913 bits per heavy atom. The monoisotopic (exact) mass is 625 g/mol. The quantitative estimate of drug-likeness (QED) is 0.282. The van der Waals surface area contributed by atoms with E-state index in [0.717, 1.165) is 29.8 Å². The highest BCUT2D eigenvalue weighted by Crippen LogP contribution is 2.35. The van der Waals surface area contributed by atoms with Gasteiger partial charge in [-0.25, -0.2) is 9.78 Å². The molecule has 2 saturated heterocycles. The Balaban J connectivity index is 1.10. The lowest BCUT2D eigenvalue weighted by Crippen LogP contribution is -2.50. The molecule has 4 heterocycles. The number of piperidine rings is 2. The summed E-state index contributed by atoms with van der Waals surface area (Å²) in [6, 6.07) is 19.5. The summed E-state index contributed by atoms with van der Waals surface area (Å²) in [6.45, 7) is 8.40. The van der Waals surface area contributed by atoms with Gasteiger partial charge >= 0.3 is 6.09 Å². The van der Waals surface area contributed by atoms with E-state index in [1.54, 1.807) is 22.9 Å². The van der Waals surface area contributed by atoms with Gasteiger partial charge in [-0.1, -0.05) is 30.3 Å². The van der Waals surface area contributed by atoms with Crippen LogP contribution in [0.1, 0.15) is 51.5 Å². The second-order valence-corrected chi connectivity index (χ2v) is 13.4. The van der Waals surface area contributed by atoms with Crippen molar-refractivity contribution in [3.05, 3.63) is 89.1 Å². The summed E-state index contributed by atoms with van der Waals surface area (Å²) in [5.41, 5.74) is 1.95. The van der Waals surface area contributed by atoms with Gasteiger partial charge in [-0.2, -0.15) is 0 Å². The number of carbonyl (C=O) groups excluding carboxylic acids is 2. The van der Waals surface area contributed by atoms with Crippen LogP contribution in [0.4, 0.5) is 4.79 Å². The second-order valence-electron chi connectivity index (χ2n) is 13.4. The van der Waals surface area contributed by atoms with Gasteiger partial charge in [-0.3, -0.25) is 14.2 Å². The Labute approximate surface area is 269 Å². The number of nitrogens with zero attached hydrogens (tertiary/aromatic N) is 5. The zero-order valence-electron chi connectivity index (χ0n) is 27.1. The fourth-order valence-corrected chi connectivity index (χ4v) is 6.76. The summed E-state index contributed by atoms with van der Waals surface area (Å²) in [5.74, 6) is 0.874. The molecule has 0 N–H and O–H groups in total. The van der Waals surface area contributed by atoms with Crippen LogP contribution in [0.5, 0.6) is 5.75 Å². The van der Waals surface area contributed by atoms with Crippen molar-refractivity contribution in [3.8, 4) is 11.4 Å². The molecule has 0 unspecified atom stereocenters. The molecule has 2 atom stereocenters. The second kappa shape index (κ2) is 13.0. The molecule has 46 heavy (non-hydrogen) atoms. The van der Waals surface area contributed by atoms with E-state index in [2.05, 4.69) is 4.98 Å². The minimum absolute atomic E-state index is 0.0572. The Hall–Kier alpha value is -4.60. The standard InChI is InChI=1S/C36H43N5O5/c1-36(2,3)46-35(44)39-20-16-29(31(23-39)26-8-6-5-7-9-26)33(42)38-18-14-25(15-19-38)22-40-24-37-32-30(34(40)43)17-21-41(32)27-10-12-28(45-4)13-11-27/h5-13,17,21,24-25,29,31H,14-16,18-20,22-23H2,1-4H3/t29-,31+/m1/s1. The number of benzene rings is 2. The van der Waals surface area contributed by atoms with Crippen molar-refractivity contribution in [1.82, 2.24) is 23.9 Å². The van der Waals surface area contributed by atoms with Crippen LogP contribution in [0, 0.1) is 11.8 Å². The molecule has 0 bridgehead atoms. The number of hydrogen-bond acceptors (Lipinski definition) is 6. The smallest absolute Gasteiger partial charge is 0.410 e. The highest BCUT2D eigenvalue weighted by molar-refractivity contribution is 5.81. The normalized spacial score (nSPS) is 19.3. The first-order valence-electron chi connectivity index (χ1n) is 16.1. The van der Waals surface area contributed by atoms with Crippen molar-refractivity contribution in [2.45, 2.75) is 58.1 Å². The number of rotatable bonds is 6. The third kappa shape index (κ3) is 6.66. The zero-order valence-corrected chi connectivity index (χ0v) is 27.1. The van der Waals surface area contributed by atoms with Crippen LogP contribution in [0.2, 0.25) is 0 Å². The fourth-order valence-electron chi connectivity index (χ4n) is 6.76. The van der Waals surface area contributed by atoms with Crippen molar-refractivity contribution >= 4 is 23.0 Å². The van der Waals surface area contributed by atoms with Gasteiger partial charge in [0.1, 0.15) is 11.4 Å². The number of ether oxygens (including phenoxy) is 2. The van der Waals surface area contributed by atoms with Crippen LogP contribution in [-0.4, -0.2) is 74.8 Å². The third-order valence-corrected chi connectivity index (χ3v) is 9.21. The average Bonchev–Trinajstić information content (AvgIpc) is 3.50. The lowest BCUT2D eigenvalue weighted by atomic mass is 9.79. The molecule has 2 aromatic heterocycles. The summed E-state index contributed by atoms with van der Waals surface area (Å²) in [7, 11) is 1.63. The largest absolute Gasteiger partial charge is 0.497 e. The van der Waals surface area contributed by atoms with Crippen molar-refractivity contribution in [3.63, 3.8) is 0 Å². The summed E-state index contributed by atoms with van der Waals surface area (Å²) in [4.78, 5) is 48.7. The maximum absolute atomic E-state index is 14.0. The lowest BCUT2D eigenvalue weighted by molar-refractivity contribution is -0.139. The van der Waals surface area contributed by atoms with Gasteiger partial charge < -0.3 is 23.8 Å². The Morgan fingerprint density at radius 3 is 2.28 bits per heavy atom. The predicted octanol–water partition coefficient (Wildman–Crippen LogP) is 5.48. The first-order chi connectivity index (χ1) is 22.1. The number of amides is 2. The van der Waals surface area contributed by atoms with E-state index in [9.17, 15) is 14.4 Å². The van der Waals surface area contributed by atoms with Gasteiger partial charge in [0.2, 0.25) is 5.91 Å². The first kappa shape index (κ1) is 31.4. The van der Waals surface area contributed by atoms with Crippen LogP contribution in [-0.2, 0) is 16.1 Å². The van der Waals surface area contributed by atoms with E-state index in [-0.39, 0.29) is 35.3 Å². The molecule has 0 saturated carbocycles. The first-order valence-corrected chi connectivity index (χ1v) is 16.1. The SMILES string of the molecule is COc1ccc(-n2ccc3c(=O)n(CC4CCN(C(=O)[C@@H]5CCN(C(=O)OC(C)(C)C)C[C@H]5c5ccccc5)CC4)cnc32)cc1. The summed E-state index contributed by atoms with van der Waals surface area (Å²) >= 11 is 0. The summed E-state index contributed by atoms with van der Waals surface area (Å²) < 4.78 is 14.5. The predicted molar refractivity (Wildman–Crippen MR) is 176 cm³/mol. The van der Waals surface area contributed by atoms with Gasteiger partial charge in [0.25, 0.3) is 5.56 Å². The Bertz CT molecular complexity index is 1730. The molecule has 2 aliphatic heterocycles. The van der Waals surface area contributed by atoms with E-state index < -0.39 is 5.60 Å². The van der Waals surface area contributed by atoms with E-state index in [4.69, 9.17) is 9.47 Å². The van der Waals surface area contributed by atoms with E-state index in [1.807, 2.05) is 97.1 Å². The molecule has 10 heteroatoms. The van der Waals surface area contributed by atoms with Crippen LogP contribution >= 0.6 is 0 Å². The van der Waals surface area contributed by atoms with Crippen LogP contribution in [0.25, 0.3) is 16.7 Å². The molecule has 2 amide bonds. The summed E-state index contributed by atoms with van der Waals surface area (Å²) in [5, 5.41) is 0.579. The number of aromatic nitrogens is 3. The molecular weight excluding hydrogens is 582 g/mol. The maximum Gasteiger partial charge on any atom is 0.410 e. The molecular formula is C36H43N5O5. The van der Waals surface area contributed by atoms with Crippen LogP contribution in [0.3, 0.4) is 0 Å². The third-order valence-electron chi connectivity index (χ3n) is 9.21. The number of fused-ring (bicyclic) bond motifs is 1. The van der Waals surface area contributed by atoms with Gasteiger partial charge in [0.15, 0.2) is 5.65 Å². The molecule has 6 rings (SSSR count). The maximum atomic E-state index is 14.0. The number of methoxy groups -OCH3 is 1. The van der Waals surface area contributed by atoms with E-state index >= 15 is 0 Å². The van der Waals surface area contributed by atoms with E-state index in [1.165, 1.54) is 0 Å². The average molecular weight is 626 g/mol. The molecule has 2 aliphatic rings. The minimum atomic E-state index is -0.578. The highest BCUT2D eigenvalue weighted by atomic mass is 16.6. The molecule has 0 aliphatic carbocycles. The van der Waals surface area contributed by atoms with Crippen molar-refractivity contribution < 1.29 is 19.1 Å². The number of hydrogen-bond donors (Lipinski definition) is 0. The van der Waals surface area contributed by atoms with E-state index in [0.29, 0.717) is 50.2 Å². The van der Waals surface area contributed by atoms with Gasteiger partial charge in [0.05, 0.1) is 18.8 Å². The van der Waals surface area contributed by atoms with Gasteiger partial charge in [-0.05, 0) is 81.8 Å². The molecule has 242 valence electrons. The zero-order chi connectivity index (χ0) is 32.4. The number of likely N-dealkylation sites (tertiary alicyclic amines) is 2. The van der Waals surface area contributed by atoms with Crippen LogP contribution < -0.4 is 10.3 Å². The van der Waals surface area contributed by atoms with Crippen molar-refractivity contribution in [1.29, 1.82) is 0 Å². The molecule has 0 spiro atoms. The molecule has 10 nitrogen and oxygen atoms in total. The van der Waals surface area contributed by atoms with Crippen LogP contribution in [0.15, 0.2) is 78.0 Å². The fraction of sp³-hybridized carbons (Fsp3) is 0.444. The Kier molecular flexibility index (Phi) is 8.88. The lowest BCUT2D eigenvalue weighted by Gasteiger charge is -2.41. The molecule has 2 fully saturated rings. The van der Waals surface area contributed by atoms with Gasteiger partial charge in [0, 0.05) is 56.4 Å². The van der Waals surface area contributed by atoms with Crippen molar-refractivity contribution in [2.24, 2.45) is 11.8 Å². The topological polar surface area (TPSA) is 98.9 Å². The highest BCUT2D eigenvalue weighted by Gasteiger charge is 2.40. The van der Waals surface area contributed by atoms with Crippen molar-refractivity contribution in [2.75, 3.05) is 33.3 Å². The van der Waals surface area contributed by atoms with Gasteiger partial charge in [-0.15, -0.1) is 0 Å². The Morgan fingerprint density at radius 2 is 1.61 bits per heavy atom. The molecule has 0 radical (unpaired) electrons. The molecule has 4 aromatic rings. The molecule has 2 aromatic carbocycles. The minimum Gasteiger partial charge on any atom is -0.497 e.